The average molecular weight is 332 g/mol. The minimum atomic E-state index is 0.300. The van der Waals surface area contributed by atoms with Crippen LogP contribution in [0.2, 0.25) is 0 Å². The van der Waals surface area contributed by atoms with Gasteiger partial charge in [-0.05, 0) is 62.5 Å². The van der Waals surface area contributed by atoms with E-state index in [0.717, 1.165) is 11.4 Å². The second kappa shape index (κ2) is 8.96. The van der Waals surface area contributed by atoms with Gasteiger partial charge in [-0.15, -0.1) is 0 Å². The Labute approximate surface area is 141 Å². The summed E-state index contributed by atoms with van der Waals surface area (Å²) in [5.74, 6) is 0. The quantitative estimate of drug-likeness (QED) is 0.632. The minimum Gasteiger partial charge on any atom is -0.376 e. The van der Waals surface area contributed by atoms with Crippen LogP contribution in [-0.4, -0.2) is 10.2 Å². The zero-order chi connectivity index (χ0) is 16.5. The molecule has 116 valence electrons. The number of rotatable bonds is 2. The fourth-order valence-electron chi connectivity index (χ4n) is 1.56. The van der Waals surface area contributed by atoms with Crippen LogP contribution in [-0.2, 0) is 0 Å². The Hall–Kier alpha value is -2.18. The van der Waals surface area contributed by atoms with Gasteiger partial charge in [0.15, 0.2) is 10.2 Å². The van der Waals surface area contributed by atoms with E-state index >= 15 is 0 Å². The van der Waals surface area contributed by atoms with Crippen LogP contribution < -0.4 is 22.1 Å². The summed E-state index contributed by atoms with van der Waals surface area (Å²) in [6, 6.07) is 15.8. The number of benzene rings is 2. The van der Waals surface area contributed by atoms with Gasteiger partial charge in [0.05, 0.1) is 0 Å². The number of hydrogen-bond acceptors (Lipinski definition) is 2. The monoisotopic (exact) mass is 332 g/mol. The number of thiocarbonyl (C=S) groups is 2. The predicted octanol–water partition coefficient (Wildman–Crippen LogP) is 3.30. The average Bonchev–Trinajstić information content (AvgIpc) is 2.44. The van der Waals surface area contributed by atoms with Gasteiger partial charge in [0.2, 0.25) is 0 Å². The summed E-state index contributed by atoms with van der Waals surface area (Å²) in [5.41, 5.74) is 14.9. The van der Waals surface area contributed by atoms with E-state index in [1.807, 2.05) is 62.4 Å². The van der Waals surface area contributed by atoms with Gasteiger partial charge in [0, 0.05) is 11.4 Å². The topological polar surface area (TPSA) is 76.1 Å². The van der Waals surface area contributed by atoms with Crippen LogP contribution in [0, 0.1) is 13.8 Å². The van der Waals surface area contributed by atoms with Crippen LogP contribution >= 0.6 is 24.4 Å². The molecular weight excluding hydrogens is 312 g/mol. The number of nitrogens with two attached hydrogens (primary N) is 2. The van der Waals surface area contributed by atoms with Crippen molar-refractivity contribution >= 4 is 46.0 Å². The molecule has 0 amide bonds. The Morgan fingerprint density at radius 1 is 0.682 bits per heavy atom. The third-order valence-corrected chi connectivity index (χ3v) is 2.84. The van der Waals surface area contributed by atoms with E-state index in [1.165, 1.54) is 11.1 Å². The van der Waals surface area contributed by atoms with Crippen molar-refractivity contribution in [1.29, 1.82) is 0 Å². The van der Waals surface area contributed by atoms with Crippen molar-refractivity contribution in [3.63, 3.8) is 0 Å². The number of aryl methyl sites for hydroxylation is 2. The summed E-state index contributed by atoms with van der Waals surface area (Å²) in [5, 5.41) is 6.28. The highest BCUT2D eigenvalue weighted by Gasteiger charge is 1.91. The van der Waals surface area contributed by atoms with Crippen molar-refractivity contribution < 1.29 is 0 Å². The number of anilines is 2. The maximum atomic E-state index is 5.28. The van der Waals surface area contributed by atoms with E-state index in [0.29, 0.717) is 10.2 Å². The molecule has 2 rings (SSSR count). The van der Waals surface area contributed by atoms with Crippen molar-refractivity contribution in [3.05, 3.63) is 59.7 Å². The van der Waals surface area contributed by atoms with Gasteiger partial charge in [-0.3, -0.25) is 0 Å². The lowest BCUT2D eigenvalue weighted by Gasteiger charge is -2.02. The molecule has 0 aliphatic carbocycles. The second-order valence-electron chi connectivity index (χ2n) is 4.71. The molecule has 0 radical (unpaired) electrons. The summed E-state index contributed by atoms with van der Waals surface area (Å²) >= 11 is 9.35. The smallest absolute Gasteiger partial charge is 0.168 e. The van der Waals surface area contributed by atoms with Crippen molar-refractivity contribution in [2.45, 2.75) is 13.8 Å². The minimum absolute atomic E-state index is 0.300. The van der Waals surface area contributed by atoms with E-state index in [2.05, 4.69) is 35.1 Å². The standard InChI is InChI=1S/2C8H10N2S/c2*1-6-2-4-7(5-3-6)10-8(9)11/h2*2-5H,1H3,(H3,9,10,11). The zero-order valence-corrected chi connectivity index (χ0v) is 14.2. The van der Waals surface area contributed by atoms with E-state index < -0.39 is 0 Å². The number of hydrogen-bond donors (Lipinski definition) is 4. The molecule has 6 heteroatoms. The van der Waals surface area contributed by atoms with E-state index in [4.69, 9.17) is 11.5 Å². The third kappa shape index (κ3) is 7.56. The first-order valence-electron chi connectivity index (χ1n) is 6.63. The first-order chi connectivity index (χ1) is 10.4. The third-order valence-electron chi connectivity index (χ3n) is 2.64. The lowest BCUT2D eigenvalue weighted by atomic mass is 10.2. The van der Waals surface area contributed by atoms with E-state index in [1.54, 1.807) is 0 Å². The fourth-order valence-corrected chi connectivity index (χ4v) is 1.79. The Kier molecular flexibility index (Phi) is 7.28. The SMILES string of the molecule is Cc1ccc(NC(N)=S)cc1.Cc1ccc(NC(N)=S)cc1. The molecule has 0 aliphatic rings. The molecule has 2 aromatic carbocycles. The summed E-state index contributed by atoms with van der Waals surface area (Å²) in [6.45, 7) is 4.06. The van der Waals surface area contributed by atoms with Crippen LogP contribution in [0.15, 0.2) is 48.5 Å². The highest BCUT2D eigenvalue weighted by molar-refractivity contribution is 7.80. The van der Waals surface area contributed by atoms with Gasteiger partial charge < -0.3 is 22.1 Å². The molecule has 2 aromatic rings. The Morgan fingerprint density at radius 2 is 0.955 bits per heavy atom. The lowest BCUT2D eigenvalue weighted by Crippen LogP contribution is -2.18. The second-order valence-corrected chi connectivity index (χ2v) is 5.59. The highest BCUT2D eigenvalue weighted by atomic mass is 32.1. The molecule has 0 saturated carbocycles. The summed E-state index contributed by atoms with van der Waals surface area (Å²) < 4.78 is 0. The first kappa shape index (κ1) is 17.9. The molecule has 0 spiro atoms. The maximum absolute atomic E-state index is 5.28. The van der Waals surface area contributed by atoms with Gasteiger partial charge in [-0.2, -0.15) is 0 Å². The molecule has 4 nitrogen and oxygen atoms in total. The molecule has 0 atom stereocenters. The van der Waals surface area contributed by atoms with E-state index in [-0.39, 0.29) is 0 Å². The summed E-state index contributed by atoms with van der Waals surface area (Å²) in [4.78, 5) is 0. The Bertz CT molecular complexity index is 564. The summed E-state index contributed by atoms with van der Waals surface area (Å²) in [7, 11) is 0. The Morgan fingerprint density at radius 3 is 1.18 bits per heavy atom. The molecule has 0 unspecified atom stereocenters. The number of nitrogens with one attached hydrogen (secondary N) is 2. The normalized spacial score (nSPS) is 9.18. The molecule has 22 heavy (non-hydrogen) atoms. The molecule has 6 N–H and O–H groups in total. The molecule has 0 aliphatic heterocycles. The molecule has 0 aromatic heterocycles. The summed E-state index contributed by atoms with van der Waals surface area (Å²) in [6.07, 6.45) is 0. The predicted molar refractivity (Wildman–Crippen MR) is 103 cm³/mol. The van der Waals surface area contributed by atoms with Gasteiger partial charge in [0.25, 0.3) is 0 Å². The van der Waals surface area contributed by atoms with Crippen molar-refractivity contribution in [3.8, 4) is 0 Å². The largest absolute Gasteiger partial charge is 0.376 e. The Balaban J connectivity index is 0.000000220. The molecule has 0 fully saturated rings. The van der Waals surface area contributed by atoms with E-state index in [9.17, 15) is 0 Å². The zero-order valence-electron chi connectivity index (χ0n) is 12.6. The van der Waals surface area contributed by atoms with Crippen molar-refractivity contribution in [1.82, 2.24) is 0 Å². The van der Waals surface area contributed by atoms with Crippen molar-refractivity contribution in [2.24, 2.45) is 11.5 Å². The van der Waals surface area contributed by atoms with Crippen LogP contribution in [0.1, 0.15) is 11.1 Å². The van der Waals surface area contributed by atoms with Crippen LogP contribution in [0.5, 0.6) is 0 Å². The fraction of sp³-hybridized carbons (Fsp3) is 0.125. The van der Waals surface area contributed by atoms with Crippen molar-refractivity contribution in [2.75, 3.05) is 10.6 Å². The molecule has 0 saturated heterocycles. The maximum Gasteiger partial charge on any atom is 0.168 e. The molecule has 0 bridgehead atoms. The lowest BCUT2D eigenvalue weighted by molar-refractivity contribution is 1.46. The highest BCUT2D eigenvalue weighted by Crippen LogP contribution is 2.08. The van der Waals surface area contributed by atoms with Crippen LogP contribution in [0.3, 0.4) is 0 Å². The first-order valence-corrected chi connectivity index (χ1v) is 7.44. The van der Waals surface area contributed by atoms with Gasteiger partial charge in [0.1, 0.15) is 0 Å². The van der Waals surface area contributed by atoms with Gasteiger partial charge in [-0.25, -0.2) is 0 Å². The van der Waals surface area contributed by atoms with Gasteiger partial charge >= 0.3 is 0 Å². The van der Waals surface area contributed by atoms with Crippen LogP contribution in [0.25, 0.3) is 0 Å². The molecular formula is C16H20N4S2. The molecule has 0 heterocycles. The van der Waals surface area contributed by atoms with Gasteiger partial charge in [-0.1, -0.05) is 35.4 Å². The van der Waals surface area contributed by atoms with Crippen LogP contribution in [0.4, 0.5) is 11.4 Å².